The van der Waals surface area contributed by atoms with Crippen LogP contribution in [0, 0.1) is 0 Å². The normalized spacial score (nSPS) is 13.6. The van der Waals surface area contributed by atoms with Gasteiger partial charge in [-0.1, -0.05) is 186 Å². The first-order valence-electron chi connectivity index (χ1n) is 25.5. The van der Waals surface area contributed by atoms with Crippen molar-refractivity contribution in [2.75, 3.05) is 47.5 Å². The molecule has 61 heavy (non-hydrogen) atoms. The summed E-state index contributed by atoms with van der Waals surface area (Å²) >= 11 is 0. The van der Waals surface area contributed by atoms with E-state index in [0.717, 1.165) is 57.8 Å². The van der Waals surface area contributed by atoms with Crippen LogP contribution in [0.1, 0.15) is 239 Å². The summed E-state index contributed by atoms with van der Waals surface area (Å²) in [5.74, 6) is -0.837. The highest BCUT2D eigenvalue weighted by molar-refractivity contribution is 7.45. The Morgan fingerprint density at radius 2 is 0.836 bits per heavy atom. The molecule has 0 rings (SSSR count). The van der Waals surface area contributed by atoms with Gasteiger partial charge in [0, 0.05) is 12.8 Å². The fraction of sp³-hybridized carbons (Fsp3) is 0.882. The highest BCUT2D eigenvalue weighted by Crippen LogP contribution is 2.38. The van der Waals surface area contributed by atoms with Crippen molar-refractivity contribution >= 4 is 19.8 Å². The fourth-order valence-electron chi connectivity index (χ4n) is 7.17. The standard InChI is InChI=1S/C51H98NO8P/c1-6-8-10-12-14-16-18-20-22-24-25-26-27-28-30-32-34-36-38-40-42-44-51(54)60-49(48-59-61(55,56)58-46-45-52(3,4)5)47-57-50(53)43-41-39-37-35-33-31-29-23-21-19-17-15-13-11-9-7-2/h23-25,29,49H,6-22,26-28,30-48H2,1-5H3/b25-24-,29-23-. The lowest BCUT2D eigenvalue weighted by atomic mass is 10.1. The van der Waals surface area contributed by atoms with E-state index >= 15 is 0 Å². The van der Waals surface area contributed by atoms with E-state index in [4.69, 9.17) is 18.5 Å². The number of esters is 2. The summed E-state index contributed by atoms with van der Waals surface area (Å²) in [7, 11) is 1.17. The van der Waals surface area contributed by atoms with E-state index in [9.17, 15) is 19.0 Å². The van der Waals surface area contributed by atoms with Gasteiger partial charge < -0.3 is 27.9 Å². The Balaban J connectivity index is 4.25. The van der Waals surface area contributed by atoms with E-state index in [0.29, 0.717) is 17.4 Å². The average molecular weight is 884 g/mol. The maximum absolute atomic E-state index is 12.7. The minimum atomic E-state index is -4.63. The lowest BCUT2D eigenvalue weighted by Gasteiger charge is -2.28. The smallest absolute Gasteiger partial charge is 0.306 e. The summed E-state index contributed by atoms with van der Waals surface area (Å²) in [6.07, 6.45) is 49.2. The Morgan fingerprint density at radius 1 is 0.492 bits per heavy atom. The molecule has 9 nitrogen and oxygen atoms in total. The van der Waals surface area contributed by atoms with Gasteiger partial charge in [-0.25, -0.2) is 0 Å². The van der Waals surface area contributed by atoms with Gasteiger partial charge in [0.15, 0.2) is 6.10 Å². The lowest BCUT2D eigenvalue weighted by molar-refractivity contribution is -0.870. The van der Waals surface area contributed by atoms with Gasteiger partial charge in [0.1, 0.15) is 19.8 Å². The van der Waals surface area contributed by atoms with Gasteiger partial charge in [-0.2, -0.15) is 0 Å². The zero-order valence-corrected chi connectivity index (χ0v) is 41.5. The number of nitrogens with zero attached hydrogens (tertiary/aromatic N) is 1. The van der Waals surface area contributed by atoms with Crippen LogP contribution in [0.25, 0.3) is 0 Å². The molecule has 0 saturated heterocycles. The van der Waals surface area contributed by atoms with Crippen molar-refractivity contribution in [2.45, 2.75) is 245 Å². The van der Waals surface area contributed by atoms with E-state index in [1.165, 1.54) is 148 Å². The molecule has 0 fully saturated rings. The fourth-order valence-corrected chi connectivity index (χ4v) is 7.90. The number of carbonyl (C=O) groups is 2. The number of allylic oxidation sites excluding steroid dienone is 4. The molecule has 0 aromatic rings. The van der Waals surface area contributed by atoms with Gasteiger partial charge in [0.25, 0.3) is 7.82 Å². The molecule has 360 valence electrons. The Bertz CT molecular complexity index is 1090. The van der Waals surface area contributed by atoms with Crippen molar-refractivity contribution in [3.05, 3.63) is 24.3 Å². The van der Waals surface area contributed by atoms with E-state index in [1.54, 1.807) is 0 Å². The monoisotopic (exact) mass is 884 g/mol. The molecule has 0 aliphatic rings. The Morgan fingerprint density at radius 3 is 1.21 bits per heavy atom. The first-order valence-corrected chi connectivity index (χ1v) is 27.0. The second kappa shape index (κ2) is 43.7. The zero-order valence-electron chi connectivity index (χ0n) is 40.6. The Labute approximate surface area is 377 Å². The first-order chi connectivity index (χ1) is 29.5. The van der Waals surface area contributed by atoms with Gasteiger partial charge in [-0.3, -0.25) is 14.2 Å². The van der Waals surface area contributed by atoms with Crippen molar-refractivity contribution in [3.63, 3.8) is 0 Å². The molecule has 0 amide bonds. The number of hydrogen-bond donors (Lipinski definition) is 0. The number of phosphoric acid groups is 1. The molecule has 2 atom stereocenters. The maximum Gasteiger partial charge on any atom is 0.306 e. The third kappa shape index (κ3) is 47.8. The molecule has 0 aliphatic heterocycles. The van der Waals surface area contributed by atoms with Crippen molar-refractivity contribution in [1.29, 1.82) is 0 Å². The number of unbranched alkanes of at least 4 members (excludes halogenated alkanes) is 29. The minimum absolute atomic E-state index is 0.0310. The van der Waals surface area contributed by atoms with Crippen molar-refractivity contribution < 1.29 is 42.1 Å². The highest BCUT2D eigenvalue weighted by atomic mass is 31.2. The third-order valence-corrected chi connectivity index (χ3v) is 12.2. The number of phosphoric ester groups is 1. The molecule has 0 N–H and O–H groups in total. The summed E-state index contributed by atoms with van der Waals surface area (Å²) in [5, 5.41) is 0. The molecule has 0 bridgehead atoms. The predicted octanol–water partition coefficient (Wildman–Crippen LogP) is 14.5. The summed E-state index contributed by atoms with van der Waals surface area (Å²) in [6, 6.07) is 0. The second-order valence-corrected chi connectivity index (χ2v) is 19.9. The van der Waals surface area contributed by atoms with Crippen LogP contribution in [0.3, 0.4) is 0 Å². The number of quaternary nitrogens is 1. The van der Waals surface area contributed by atoms with Crippen LogP contribution in [-0.4, -0.2) is 70.0 Å². The molecule has 0 aromatic heterocycles. The largest absolute Gasteiger partial charge is 0.756 e. The van der Waals surface area contributed by atoms with Crippen LogP contribution >= 0.6 is 7.82 Å². The molecule has 0 aromatic carbocycles. The molecular formula is C51H98NO8P. The quantitative estimate of drug-likeness (QED) is 0.0195. The van der Waals surface area contributed by atoms with Gasteiger partial charge in [0.2, 0.25) is 0 Å². The van der Waals surface area contributed by atoms with E-state index in [-0.39, 0.29) is 32.0 Å². The number of likely N-dealkylation sites (N-methyl/N-ethyl adjacent to an activating group) is 1. The Kier molecular flexibility index (Phi) is 42.6. The maximum atomic E-state index is 12.7. The number of hydrogen-bond acceptors (Lipinski definition) is 8. The molecule has 0 saturated carbocycles. The van der Waals surface area contributed by atoms with Crippen molar-refractivity contribution in [3.8, 4) is 0 Å². The van der Waals surface area contributed by atoms with E-state index in [1.807, 2.05) is 21.1 Å². The number of carbonyl (C=O) groups excluding carboxylic acids is 2. The van der Waals surface area contributed by atoms with Crippen LogP contribution < -0.4 is 4.89 Å². The third-order valence-electron chi connectivity index (χ3n) is 11.2. The average Bonchev–Trinajstić information content (AvgIpc) is 3.21. The van der Waals surface area contributed by atoms with E-state index in [2.05, 4.69) is 38.2 Å². The minimum Gasteiger partial charge on any atom is -0.756 e. The van der Waals surface area contributed by atoms with Crippen LogP contribution in [-0.2, 0) is 32.7 Å². The zero-order chi connectivity index (χ0) is 45.0. The highest BCUT2D eigenvalue weighted by Gasteiger charge is 2.21. The summed E-state index contributed by atoms with van der Waals surface area (Å²) in [4.78, 5) is 37.7. The van der Waals surface area contributed by atoms with E-state index < -0.39 is 26.5 Å². The molecule has 0 radical (unpaired) electrons. The second-order valence-electron chi connectivity index (χ2n) is 18.5. The summed E-state index contributed by atoms with van der Waals surface area (Å²) in [6.45, 7) is 4.25. The van der Waals surface area contributed by atoms with Crippen LogP contribution in [0.15, 0.2) is 24.3 Å². The predicted molar refractivity (Wildman–Crippen MR) is 254 cm³/mol. The van der Waals surface area contributed by atoms with Crippen LogP contribution in [0.4, 0.5) is 0 Å². The molecule has 0 aliphatic carbocycles. The molecule has 0 spiro atoms. The SMILES string of the molecule is CCCCCCCCC/C=C\CCCCCCCC(=O)OCC(COP(=O)([O-])OCC[N+](C)(C)C)OC(=O)CCCCCCCCCCC/C=C\CCCCCCCCCC. The number of rotatable bonds is 47. The van der Waals surface area contributed by atoms with Crippen LogP contribution in [0.2, 0.25) is 0 Å². The molecule has 2 unspecified atom stereocenters. The Hall–Kier alpha value is -1.51. The lowest BCUT2D eigenvalue weighted by Crippen LogP contribution is -2.37. The molecule has 10 heteroatoms. The molecule has 0 heterocycles. The van der Waals surface area contributed by atoms with Gasteiger partial charge in [-0.15, -0.1) is 0 Å². The van der Waals surface area contributed by atoms with Gasteiger partial charge in [-0.05, 0) is 64.2 Å². The first kappa shape index (κ1) is 59.5. The number of ether oxygens (including phenoxy) is 2. The molecular weight excluding hydrogens is 786 g/mol. The summed E-state index contributed by atoms with van der Waals surface area (Å²) < 4.78 is 34.0. The van der Waals surface area contributed by atoms with Crippen molar-refractivity contribution in [1.82, 2.24) is 0 Å². The summed E-state index contributed by atoms with van der Waals surface area (Å²) in [5.41, 5.74) is 0. The van der Waals surface area contributed by atoms with Gasteiger partial charge in [0.05, 0.1) is 27.7 Å². The van der Waals surface area contributed by atoms with Gasteiger partial charge >= 0.3 is 11.9 Å². The topological polar surface area (TPSA) is 111 Å². The van der Waals surface area contributed by atoms with Crippen LogP contribution in [0.5, 0.6) is 0 Å². The van der Waals surface area contributed by atoms with Crippen molar-refractivity contribution in [2.24, 2.45) is 0 Å².